The molecule has 4 heteroatoms. The molecule has 0 aliphatic carbocycles. The molecule has 0 aliphatic rings. The summed E-state index contributed by atoms with van der Waals surface area (Å²) < 4.78 is 13.8. The number of hydrogen-bond donors (Lipinski definition) is 0. The van der Waals surface area contributed by atoms with Gasteiger partial charge in [-0.25, -0.2) is 0 Å². The molecule has 11 aromatic rings. The van der Waals surface area contributed by atoms with E-state index in [0.717, 1.165) is 77.2 Å². The lowest BCUT2D eigenvalue weighted by molar-refractivity contribution is 0.660. The van der Waals surface area contributed by atoms with Crippen LogP contribution in [-0.4, -0.2) is 0 Å². The maximum atomic E-state index is 6.91. The fraction of sp³-hybridized carbons (Fsp3) is 0.138. The van der Waals surface area contributed by atoms with Crippen LogP contribution in [-0.2, 0) is 0 Å². The van der Waals surface area contributed by atoms with Crippen molar-refractivity contribution in [2.24, 2.45) is 0 Å². The summed E-state index contributed by atoms with van der Waals surface area (Å²) in [6.45, 7) is 17.5. The summed E-state index contributed by atoms with van der Waals surface area (Å²) in [5.41, 5.74) is 20.2. The van der Waals surface area contributed by atoms with E-state index in [-0.39, 0.29) is 0 Å². The van der Waals surface area contributed by atoms with E-state index < -0.39 is 0 Å². The van der Waals surface area contributed by atoms with Gasteiger partial charge in [-0.15, -0.1) is 0 Å². The van der Waals surface area contributed by atoms with E-state index in [2.05, 4.69) is 211 Å². The van der Waals surface area contributed by atoms with Gasteiger partial charge in [-0.1, -0.05) is 84.9 Å². The molecule has 11 rings (SSSR count). The Bertz CT molecular complexity index is 3360. The highest BCUT2D eigenvalue weighted by atomic mass is 16.3. The number of aryl methyl sites for hydroxylation is 8. The van der Waals surface area contributed by atoms with E-state index in [9.17, 15) is 0 Å². The SMILES string of the molecule is Cc1ccccc1N(c1ccc2cc3c(cc2c1)oc1c(C)c2c(oc4cc5cc(N(c6ccccc6C)c6c(C)cccc6C)ccc5cc42)c(C)c13)c1c(C)cccc1C. The zero-order chi connectivity index (χ0) is 42.6. The predicted octanol–water partition coefficient (Wildman–Crippen LogP) is 17.2. The molecule has 0 radical (unpaired) electrons. The molecule has 0 aliphatic heterocycles. The molecule has 0 N–H and O–H groups in total. The standard InChI is InChI=1S/C58H48N2O2/c1-33-15-9-11-21-49(33)59(55-35(3)17-13-18-36(55)4)45-25-23-41-29-47-51(31-43(41)27-45)61-57-40(8)54-48-30-42-24-26-46(28-44(42)32-52(48)62-58(54)39(7)53(47)57)60(50-22-12-10-16-34(50)2)56-37(5)19-14-20-38(56)6/h9-32H,1-8H3. The van der Waals surface area contributed by atoms with Gasteiger partial charge in [0, 0.05) is 55.4 Å². The molecule has 62 heavy (non-hydrogen) atoms. The molecule has 0 bridgehead atoms. The first-order valence-corrected chi connectivity index (χ1v) is 21.6. The van der Waals surface area contributed by atoms with Gasteiger partial charge >= 0.3 is 0 Å². The van der Waals surface area contributed by atoms with Gasteiger partial charge in [-0.2, -0.15) is 0 Å². The zero-order valence-corrected chi connectivity index (χ0v) is 36.6. The van der Waals surface area contributed by atoms with Gasteiger partial charge in [-0.05, 0) is 171 Å². The highest BCUT2D eigenvalue weighted by Gasteiger charge is 2.24. The van der Waals surface area contributed by atoms with Crippen molar-refractivity contribution >= 4 is 99.5 Å². The van der Waals surface area contributed by atoms with E-state index in [1.807, 2.05) is 0 Å². The van der Waals surface area contributed by atoms with Crippen molar-refractivity contribution in [3.8, 4) is 0 Å². The van der Waals surface area contributed by atoms with Gasteiger partial charge in [0.2, 0.25) is 0 Å². The second-order valence-electron chi connectivity index (χ2n) is 17.3. The molecule has 4 nitrogen and oxygen atoms in total. The number of fused-ring (bicyclic) bond motifs is 8. The smallest absolute Gasteiger partial charge is 0.139 e. The number of furan rings is 2. The number of anilines is 6. The van der Waals surface area contributed by atoms with Crippen molar-refractivity contribution < 1.29 is 8.83 Å². The summed E-state index contributed by atoms with van der Waals surface area (Å²) in [4.78, 5) is 4.82. The Hall–Kier alpha value is -7.30. The average Bonchev–Trinajstić information content (AvgIpc) is 3.83. The molecule has 0 fully saturated rings. The Morgan fingerprint density at radius 1 is 0.339 bits per heavy atom. The van der Waals surface area contributed by atoms with E-state index in [4.69, 9.17) is 8.83 Å². The minimum Gasteiger partial charge on any atom is -0.456 e. The first-order valence-electron chi connectivity index (χ1n) is 21.6. The minimum absolute atomic E-state index is 0.877. The number of benzene rings is 9. The molecule has 0 unspecified atom stereocenters. The van der Waals surface area contributed by atoms with Crippen molar-refractivity contribution in [1.29, 1.82) is 0 Å². The maximum absolute atomic E-state index is 6.91. The summed E-state index contributed by atoms with van der Waals surface area (Å²) in [7, 11) is 0. The van der Waals surface area contributed by atoms with Crippen molar-refractivity contribution in [1.82, 2.24) is 0 Å². The molecule has 0 amide bonds. The summed E-state index contributed by atoms with van der Waals surface area (Å²) in [6, 6.07) is 53.0. The maximum Gasteiger partial charge on any atom is 0.139 e. The summed E-state index contributed by atoms with van der Waals surface area (Å²) in [6.07, 6.45) is 0. The fourth-order valence-electron chi connectivity index (χ4n) is 10.2. The van der Waals surface area contributed by atoms with Crippen molar-refractivity contribution in [3.05, 3.63) is 190 Å². The monoisotopic (exact) mass is 804 g/mol. The van der Waals surface area contributed by atoms with Crippen molar-refractivity contribution in [2.75, 3.05) is 9.80 Å². The third kappa shape index (κ3) is 5.74. The van der Waals surface area contributed by atoms with Gasteiger partial charge in [-0.3, -0.25) is 0 Å². The molecule has 2 aromatic heterocycles. The summed E-state index contributed by atoms with van der Waals surface area (Å²) in [5, 5.41) is 9.03. The highest BCUT2D eigenvalue weighted by molar-refractivity contribution is 6.22. The number of para-hydroxylation sites is 4. The van der Waals surface area contributed by atoms with Gasteiger partial charge in [0.1, 0.15) is 22.3 Å². The van der Waals surface area contributed by atoms with Crippen molar-refractivity contribution in [3.63, 3.8) is 0 Å². The van der Waals surface area contributed by atoms with Crippen LogP contribution in [0.3, 0.4) is 0 Å². The summed E-state index contributed by atoms with van der Waals surface area (Å²) >= 11 is 0. The van der Waals surface area contributed by atoms with E-state index >= 15 is 0 Å². The first-order chi connectivity index (χ1) is 30.0. The second kappa shape index (κ2) is 14.1. The lowest BCUT2D eigenvalue weighted by Crippen LogP contribution is -2.14. The summed E-state index contributed by atoms with van der Waals surface area (Å²) in [5.74, 6) is 0. The molecule has 0 atom stereocenters. The van der Waals surface area contributed by atoms with Crippen LogP contribution >= 0.6 is 0 Å². The Balaban J connectivity index is 1.06. The van der Waals surface area contributed by atoms with Gasteiger partial charge in [0.25, 0.3) is 0 Å². The molecule has 302 valence electrons. The molecular formula is C58H48N2O2. The van der Waals surface area contributed by atoms with Crippen LogP contribution in [0, 0.1) is 55.4 Å². The fourth-order valence-corrected chi connectivity index (χ4v) is 10.2. The van der Waals surface area contributed by atoms with Crippen LogP contribution in [0.15, 0.2) is 154 Å². The van der Waals surface area contributed by atoms with Crippen LogP contribution in [0.5, 0.6) is 0 Å². The lowest BCUT2D eigenvalue weighted by Gasteiger charge is -2.30. The van der Waals surface area contributed by atoms with E-state index in [1.54, 1.807) is 0 Å². The quantitative estimate of drug-likeness (QED) is 0.168. The van der Waals surface area contributed by atoms with E-state index in [0.29, 0.717) is 0 Å². The Labute approximate surface area is 362 Å². The minimum atomic E-state index is 0.877. The predicted molar refractivity (Wildman–Crippen MR) is 263 cm³/mol. The first kappa shape index (κ1) is 37.7. The van der Waals surface area contributed by atoms with Crippen LogP contribution in [0.2, 0.25) is 0 Å². The zero-order valence-electron chi connectivity index (χ0n) is 36.6. The van der Waals surface area contributed by atoms with Gasteiger partial charge in [0.05, 0.1) is 11.4 Å². The second-order valence-corrected chi connectivity index (χ2v) is 17.3. The number of hydrogen-bond acceptors (Lipinski definition) is 4. The molecule has 0 saturated carbocycles. The largest absolute Gasteiger partial charge is 0.456 e. The van der Waals surface area contributed by atoms with Gasteiger partial charge < -0.3 is 18.6 Å². The Morgan fingerprint density at radius 3 is 1.10 bits per heavy atom. The molecule has 0 spiro atoms. The van der Waals surface area contributed by atoms with E-state index in [1.165, 1.54) is 66.9 Å². The Kier molecular flexibility index (Phi) is 8.59. The third-order valence-corrected chi connectivity index (χ3v) is 13.2. The van der Waals surface area contributed by atoms with Crippen LogP contribution in [0.4, 0.5) is 34.1 Å². The van der Waals surface area contributed by atoms with Crippen LogP contribution < -0.4 is 9.80 Å². The molecule has 0 saturated heterocycles. The topological polar surface area (TPSA) is 32.8 Å². The Morgan fingerprint density at radius 2 is 0.710 bits per heavy atom. The molecule has 2 heterocycles. The molecule has 9 aromatic carbocycles. The van der Waals surface area contributed by atoms with Crippen LogP contribution in [0.1, 0.15) is 44.5 Å². The third-order valence-electron chi connectivity index (χ3n) is 13.2. The normalized spacial score (nSPS) is 11.9. The highest BCUT2D eigenvalue weighted by Crippen LogP contribution is 2.47. The van der Waals surface area contributed by atoms with Gasteiger partial charge in [0.15, 0.2) is 0 Å². The number of nitrogens with zero attached hydrogens (tertiary/aromatic N) is 2. The average molecular weight is 805 g/mol. The van der Waals surface area contributed by atoms with Crippen LogP contribution in [0.25, 0.3) is 65.4 Å². The number of rotatable bonds is 6. The molecular weight excluding hydrogens is 757 g/mol. The lowest BCUT2D eigenvalue weighted by atomic mass is 9.97. The van der Waals surface area contributed by atoms with Crippen molar-refractivity contribution in [2.45, 2.75) is 55.4 Å².